The Morgan fingerprint density at radius 3 is 2.76 bits per heavy atom. The van der Waals surface area contributed by atoms with Crippen LogP contribution in [0.2, 0.25) is 0 Å². The van der Waals surface area contributed by atoms with Gasteiger partial charge in [-0.05, 0) is 46.7 Å². The standard InChI is InChI=1S/C15H14FN5/c1-10-4-2-3-5-12(10)9-21-15(18-19-20-21)11-6-7-13(16)14(17)8-11/h2-8H,9,17H2,1H3. The van der Waals surface area contributed by atoms with Gasteiger partial charge in [0, 0.05) is 5.56 Å². The summed E-state index contributed by atoms with van der Waals surface area (Å²) in [5.74, 6) is 0.113. The number of aromatic nitrogens is 4. The van der Waals surface area contributed by atoms with E-state index in [0.29, 0.717) is 17.9 Å². The van der Waals surface area contributed by atoms with Gasteiger partial charge in [0.15, 0.2) is 5.82 Å². The fourth-order valence-electron chi connectivity index (χ4n) is 2.15. The van der Waals surface area contributed by atoms with Crippen LogP contribution in [0.5, 0.6) is 0 Å². The van der Waals surface area contributed by atoms with Crippen molar-refractivity contribution < 1.29 is 4.39 Å². The Labute approximate surface area is 121 Å². The van der Waals surface area contributed by atoms with E-state index in [1.165, 1.54) is 12.1 Å². The first-order chi connectivity index (χ1) is 10.1. The van der Waals surface area contributed by atoms with Gasteiger partial charge in [-0.25, -0.2) is 9.07 Å². The van der Waals surface area contributed by atoms with E-state index in [2.05, 4.69) is 15.5 Å². The van der Waals surface area contributed by atoms with E-state index in [9.17, 15) is 4.39 Å². The summed E-state index contributed by atoms with van der Waals surface area (Å²) < 4.78 is 14.9. The second-order valence-electron chi connectivity index (χ2n) is 4.82. The van der Waals surface area contributed by atoms with E-state index >= 15 is 0 Å². The molecule has 0 amide bonds. The molecule has 0 saturated carbocycles. The van der Waals surface area contributed by atoms with E-state index in [4.69, 9.17) is 5.73 Å². The maximum absolute atomic E-state index is 13.3. The molecule has 0 aliphatic carbocycles. The number of rotatable bonds is 3. The quantitative estimate of drug-likeness (QED) is 0.749. The Hall–Kier alpha value is -2.76. The molecule has 1 heterocycles. The minimum Gasteiger partial charge on any atom is -0.396 e. The zero-order chi connectivity index (χ0) is 14.8. The lowest BCUT2D eigenvalue weighted by atomic mass is 10.1. The Bertz CT molecular complexity index is 781. The minimum absolute atomic E-state index is 0.0814. The number of aryl methyl sites for hydroxylation is 1. The molecular weight excluding hydrogens is 269 g/mol. The van der Waals surface area contributed by atoms with Crippen molar-refractivity contribution in [3.8, 4) is 11.4 Å². The zero-order valence-electron chi connectivity index (χ0n) is 11.5. The minimum atomic E-state index is -0.448. The summed E-state index contributed by atoms with van der Waals surface area (Å²) in [7, 11) is 0. The first-order valence-corrected chi connectivity index (χ1v) is 6.51. The third-order valence-corrected chi connectivity index (χ3v) is 3.37. The van der Waals surface area contributed by atoms with E-state index in [0.717, 1.165) is 11.1 Å². The average molecular weight is 283 g/mol. The van der Waals surface area contributed by atoms with E-state index in [1.807, 2.05) is 31.2 Å². The number of anilines is 1. The molecule has 0 aliphatic heterocycles. The Morgan fingerprint density at radius 1 is 1.19 bits per heavy atom. The highest BCUT2D eigenvalue weighted by molar-refractivity contribution is 5.61. The van der Waals surface area contributed by atoms with Crippen LogP contribution >= 0.6 is 0 Å². The van der Waals surface area contributed by atoms with Gasteiger partial charge < -0.3 is 5.73 Å². The van der Waals surface area contributed by atoms with Gasteiger partial charge in [0.05, 0.1) is 12.2 Å². The molecule has 0 aliphatic rings. The lowest BCUT2D eigenvalue weighted by Crippen LogP contribution is -2.06. The van der Waals surface area contributed by atoms with Crippen molar-refractivity contribution in [3.63, 3.8) is 0 Å². The van der Waals surface area contributed by atoms with Gasteiger partial charge in [-0.15, -0.1) is 5.10 Å². The fourth-order valence-corrected chi connectivity index (χ4v) is 2.15. The van der Waals surface area contributed by atoms with Gasteiger partial charge in [0.1, 0.15) is 5.82 Å². The number of hydrogen-bond donors (Lipinski definition) is 1. The van der Waals surface area contributed by atoms with Crippen LogP contribution in [-0.4, -0.2) is 20.2 Å². The lowest BCUT2D eigenvalue weighted by Gasteiger charge is -2.08. The van der Waals surface area contributed by atoms with Crippen molar-refractivity contribution in [1.29, 1.82) is 0 Å². The Balaban J connectivity index is 1.97. The van der Waals surface area contributed by atoms with Gasteiger partial charge in [0.25, 0.3) is 0 Å². The molecular formula is C15H14FN5. The molecule has 0 saturated heterocycles. The SMILES string of the molecule is Cc1ccccc1Cn1nnnc1-c1ccc(F)c(N)c1. The largest absolute Gasteiger partial charge is 0.396 e. The van der Waals surface area contributed by atoms with Crippen LogP contribution in [0.15, 0.2) is 42.5 Å². The zero-order valence-corrected chi connectivity index (χ0v) is 11.5. The molecule has 0 atom stereocenters. The number of hydrogen-bond acceptors (Lipinski definition) is 4. The van der Waals surface area contributed by atoms with Crippen molar-refractivity contribution in [2.45, 2.75) is 13.5 Å². The molecule has 0 spiro atoms. The third kappa shape index (κ3) is 2.60. The number of nitrogens with two attached hydrogens (primary N) is 1. The summed E-state index contributed by atoms with van der Waals surface area (Å²) in [6.07, 6.45) is 0. The molecule has 1 aromatic heterocycles. The number of nitrogens with zero attached hydrogens (tertiary/aromatic N) is 4. The van der Waals surface area contributed by atoms with Crippen LogP contribution in [-0.2, 0) is 6.54 Å². The predicted molar refractivity (Wildman–Crippen MR) is 77.9 cm³/mol. The highest BCUT2D eigenvalue weighted by Gasteiger charge is 2.11. The number of halogens is 1. The third-order valence-electron chi connectivity index (χ3n) is 3.37. The van der Waals surface area contributed by atoms with Gasteiger partial charge in [-0.2, -0.15) is 0 Å². The Morgan fingerprint density at radius 2 is 2.00 bits per heavy atom. The molecule has 6 heteroatoms. The van der Waals surface area contributed by atoms with Crippen LogP contribution in [0, 0.1) is 12.7 Å². The molecule has 0 fully saturated rings. The molecule has 106 valence electrons. The van der Waals surface area contributed by atoms with Crippen molar-refractivity contribution in [2.24, 2.45) is 0 Å². The topological polar surface area (TPSA) is 69.6 Å². The molecule has 3 rings (SSSR count). The highest BCUT2D eigenvalue weighted by atomic mass is 19.1. The first-order valence-electron chi connectivity index (χ1n) is 6.51. The van der Waals surface area contributed by atoms with Crippen LogP contribution in [0.1, 0.15) is 11.1 Å². The molecule has 0 radical (unpaired) electrons. The maximum atomic E-state index is 13.3. The summed E-state index contributed by atoms with van der Waals surface area (Å²) in [6, 6.07) is 12.5. The van der Waals surface area contributed by atoms with Crippen molar-refractivity contribution in [1.82, 2.24) is 20.2 Å². The molecule has 0 unspecified atom stereocenters. The van der Waals surface area contributed by atoms with Gasteiger partial charge >= 0.3 is 0 Å². The number of tetrazole rings is 1. The molecule has 2 aromatic carbocycles. The van der Waals surface area contributed by atoms with Crippen LogP contribution < -0.4 is 5.73 Å². The van der Waals surface area contributed by atoms with Gasteiger partial charge in [0.2, 0.25) is 0 Å². The highest BCUT2D eigenvalue weighted by Crippen LogP contribution is 2.21. The van der Waals surface area contributed by atoms with Crippen molar-refractivity contribution >= 4 is 5.69 Å². The molecule has 5 nitrogen and oxygen atoms in total. The molecule has 3 aromatic rings. The summed E-state index contributed by atoms with van der Waals surface area (Å²) in [6.45, 7) is 2.58. The normalized spacial score (nSPS) is 10.8. The molecule has 2 N–H and O–H groups in total. The lowest BCUT2D eigenvalue weighted by molar-refractivity contribution is 0.632. The summed E-state index contributed by atoms with van der Waals surface area (Å²) in [4.78, 5) is 0. The molecule has 0 bridgehead atoms. The van der Waals surface area contributed by atoms with E-state index in [1.54, 1.807) is 10.7 Å². The summed E-state index contributed by atoms with van der Waals surface area (Å²) in [5, 5.41) is 11.7. The van der Waals surface area contributed by atoms with Crippen molar-refractivity contribution in [2.75, 3.05) is 5.73 Å². The number of nitrogen functional groups attached to an aromatic ring is 1. The van der Waals surface area contributed by atoms with Gasteiger partial charge in [-0.3, -0.25) is 0 Å². The first kappa shape index (κ1) is 13.2. The van der Waals surface area contributed by atoms with E-state index < -0.39 is 5.82 Å². The second-order valence-corrected chi connectivity index (χ2v) is 4.82. The maximum Gasteiger partial charge on any atom is 0.182 e. The second kappa shape index (κ2) is 5.32. The monoisotopic (exact) mass is 283 g/mol. The summed E-state index contributed by atoms with van der Waals surface area (Å²) >= 11 is 0. The average Bonchev–Trinajstić information content (AvgIpc) is 2.93. The van der Waals surface area contributed by atoms with E-state index in [-0.39, 0.29) is 5.69 Å². The molecule has 21 heavy (non-hydrogen) atoms. The number of benzene rings is 2. The predicted octanol–water partition coefficient (Wildman–Crippen LogP) is 2.42. The van der Waals surface area contributed by atoms with Crippen LogP contribution in [0.4, 0.5) is 10.1 Å². The Kier molecular flexibility index (Phi) is 3.35. The summed E-state index contributed by atoms with van der Waals surface area (Å²) in [5.41, 5.74) is 8.66. The van der Waals surface area contributed by atoms with Crippen molar-refractivity contribution in [3.05, 3.63) is 59.4 Å². The van der Waals surface area contributed by atoms with Crippen LogP contribution in [0.3, 0.4) is 0 Å². The van der Waals surface area contributed by atoms with Gasteiger partial charge in [-0.1, -0.05) is 24.3 Å². The smallest absolute Gasteiger partial charge is 0.182 e. The van der Waals surface area contributed by atoms with Crippen LogP contribution in [0.25, 0.3) is 11.4 Å². The fraction of sp³-hybridized carbons (Fsp3) is 0.133.